The maximum absolute atomic E-state index is 12.1. The Bertz CT molecular complexity index is 1130. The Kier molecular flexibility index (Phi) is 5.63. The lowest BCUT2D eigenvalue weighted by Crippen LogP contribution is -2.48. The highest BCUT2D eigenvalue weighted by molar-refractivity contribution is 6.31. The molecule has 1 aliphatic heterocycles. The second-order valence-corrected chi connectivity index (χ2v) is 7.32. The third kappa shape index (κ3) is 4.26. The van der Waals surface area contributed by atoms with Gasteiger partial charge < -0.3 is 14.9 Å². The minimum absolute atomic E-state index is 0.309. The molecule has 30 heavy (non-hydrogen) atoms. The second-order valence-electron chi connectivity index (χ2n) is 6.88. The molecule has 152 valence electrons. The van der Waals surface area contributed by atoms with E-state index < -0.39 is 5.97 Å². The molecule has 1 amide bonds. The van der Waals surface area contributed by atoms with Gasteiger partial charge in [-0.25, -0.2) is 14.8 Å². The van der Waals surface area contributed by atoms with Crippen molar-refractivity contribution in [3.05, 3.63) is 65.7 Å². The Hall–Kier alpha value is -3.45. The summed E-state index contributed by atoms with van der Waals surface area (Å²) in [5.41, 5.74) is 2.58. The smallest absolute Gasteiger partial charge is 0.328 e. The molecule has 0 bridgehead atoms. The molecular weight excluding hydrogens is 404 g/mol. The molecule has 2 aromatic carbocycles. The van der Waals surface area contributed by atoms with Crippen molar-refractivity contribution in [2.45, 2.75) is 0 Å². The average molecular weight is 423 g/mol. The van der Waals surface area contributed by atoms with Crippen molar-refractivity contribution in [1.82, 2.24) is 14.9 Å². The number of benzene rings is 2. The van der Waals surface area contributed by atoms with Gasteiger partial charge in [0.05, 0.1) is 11.2 Å². The van der Waals surface area contributed by atoms with Crippen molar-refractivity contribution >= 4 is 40.3 Å². The minimum atomic E-state index is -1.14. The average Bonchev–Trinajstić information content (AvgIpc) is 2.77. The number of halogens is 1. The standard InChI is InChI=1S/C22H19ClN4O3/c23-16-6-7-18-17(14-16)21(15-4-2-1-3-5-15)25-22(24-18)27-12-10-26(11-13-27)19(28)8-9-20(29)30/h1-9,14H,10-13H2,(H,29,30)/b9-8-. The number of nitrogens with zero attached hydrogens (tertiary/aromatic N) is 4. The van der Waals surface area contributed by atoms with Gasteiger partial charge in [0.15, 0.2) is 0 Å². The van der Waals surface area contributed by atoms with Crippen LogP contribution in [0.4, 0.5) is 5.95 Å². The second kappa shape index (κ2) is 8.51. The predicted octanol–water partition coefficient (Wildman–Crippen LogP) is 3.24. The Labute approximate surface area is 178 Å². The molecule has 1 aliphatic rings. The lowest BCUT2D eigenvalue weighted by molar-refractivity contribution is -0.132. The number of carboxylic acid groups (broad SMARTS) is 1. The number of carboxylic acids is 1. The van der Waals surface area contributed by atoms with Crippen LogP contribution >= 0.6 is 11.6 Å². The number of anilines is 1. The lowest BCUT2D eigenvalue weighted by Gasteiger charge is -2.34. The Morgan fingerprint density at radius 2 is 1.70 bits per heavy atom. The summed E-state index contributed by atoms with van der Waals surface area (Å²) in [5.74, 6) is -0.854. The van der Waals surface area contributed by atoms with Crippen LogP contribution in [0.1, 0.15) is 0 Å². The molecule has 1 fully saturated rings. The predicted molar refractivity (Wildman–Crippen MR) is 116 cm³/mol. The van der Waals surface area contributed by atoms with Crippen molar-refractivity contribution < 1.29 is 14.7 Å². The van der Waals surface area contributed by atoms with Gasteiger partial charge in [0.2, 0.25) is 11.9 Å². The molecular formula is C22H19ClN4O3. The van der Waals surface area contributed by atoms with Crippen LogP contribution in [0.3, 0.4) is 0 Å². The van der Waals surface area contributed by atoms with E-state index in [1.165, 1.54) is 0 Å². The van der Waals surface area contributed by atoms with Gasteiger partial charge in [0.25, 0.3) is 0 Å². The molecule has 0 saturated carbocycles. The fourth-order valence-electron chi connectivity index (χ4n) is 3.42. The normalized spacial score (nSPS) is 14.4. The summed E-state index contributed by atoms with van der Waals surface area (Å²) in [7, 11) is 0. The largest absolute Gasteiger partial charge is 0.478 e. The van der Waals surface area contributed by atoms with Crippen molar-refractivity contribution in [2.24, 2.45) is 0 Å². The highest BCUT2D eigenvalue weighted by Gasteiger charge is 2.23. The fourth-order valence-corrected chi connectivity index (χ4v) is 3.59. The number of fused-ring (bicyclic) bond motifs is 1. The van der Waals surface area contributed by atoms with Gasteiger partial charge in [-0.15, -0.1) is 0 Å². The molecule has 0 atom stereocenters. The fraction of sp³-hybridized carbons (Fsp3) is 0.182. The molecule has 0 aliphatic carbocycles. The molecule has 0 unspecified atom stereocenters. The lowest BCUT2D eigenvalue weighted by atomic mass is 10.1. The zero-order valence-electron chi connectivity index (χ0n) is 16.0. The van der Waals surface area contributed by atoms with Gasteiger partial charge >= 0.3 is 5.97 Å². The summed E-state index contributed by atoms with van der Waals surface area (Å²) in [4.78, 5) is 35.9. The zero-order chi connectivity index (χ0) is 21.1. The molecule has 3 aromatic rings. The van der Waals surface area contributed by atoms with Crippen LogP contribution in [-0.2, 0) is 9.59 Å². The van der Waals surface area contributed by atoms with Gasteiger partial charge in [0.1, 0.15) is 0 Å². The molecule has 7 nitrogen and oxygen atoms in total. The summed E-state index contributed by atoms with van der Waals surface area (Å²) >= 11 is 6.21. The van der Waals surface area contributed by atoms with Crippen molar-refractivity contribution in [3.63, 3.8) is 0 Å². The van der Waals surface area contributed by atoms with Crippen LogP contribution in [0, 0.1) is 0 Å². The van der Waals surface area contributed by atoms with Crippen molar-refractivity contribution in [3.8, 4) is 11.3 Å². The number of hydrogen-bond acceptors (Lipinski definition) is 5. The Morgan fingerprint density at radius 3 is 2.40 bits per heavy atom. The van der Waals surface area contributed by atoms with Crippen molar-refractivity contribution in [2.75, 3.05) is 31.1 Å². The van der Waals surface area contributed by atoms with Crippen LogP contribution in [0.25, 0.3) is 22.2 Å². The van der Waals surface area contributed by atoms with Crippen LogP contribution in [0.2, 0.25) is 5.02 Å². The quantitative estimate of drug-likeness (QED) is 0.649. The van der Waals surface area contributed by atoms with Gasteiger partial charge in [0, 0.05) is 54.3 Å². The van der Waals surface area contributed by atoms with Crippen molar-refractivity contribution in [1.29, 1.82) is 0 Å². The maximum Gasteiger partial charge on any atom is 0.328 e. The van der Waals surface area contributed by atoms with E-state index in [1.54, 1.807) is 11.0 Å². The summed E-state index contributed by atoms with van der Waals surface area (Å²) in [6.07, 6.45) is 1.94. The molecule has 0 spiro atoms. The number of carbonyl (C=O) groups is 2. The number of amides is 1. The Balaban J connectivity index is 1.62. The highest BCUT2D eigenvalue weighted by Crippen LogP contribution is 2.30. The van der Waals surface area contributed by atoms with E-state index in [2.05, 4.69) is 0 Å². The Morgan fingerprint density at radius 1 is 0.967 bits per heavy atom. The van der Waals surface area contributed by atoms with Gasteiger partial charge in [-0.3, -0.25) is 4.79 Å². The van der Waals surface area contributed by atoms with Crippen LogP contribution in [0.15, 0.2) is 60.7 Å². The molecule has 4 rings (SSSR count). The first-order chi connectivity index (χ1) is 14.5. The molecule has 1 aromatic heterocycles. The molecule has 1 N–H and O–H groups in total. The van der Waals surface area contributed by atoms with Gasteiger partial charge in [-0.1, -0.05) is 41.9 Å². The SMILES string of the molecule is O=C(O)/C=C\C(=O)N1CCN(c2nc(-c3ccccc3)c3cc(Cl)ccc3n2)CC1. The molecule has 8 heteroatoms. The number of carbonyl (C=O) groups excluding carboxylic acids is 1. The first-order valence-electron chi connectivity index (χ1n) is 9.49. The van der Waals surface area contributed by atoms with E-state index in [9.17, 15) is 9.59 Å². The van der Waals surface area contributed by atoms with E-state index in [1.807, 2.05) is 47.4 Å². The van der Waals surface area contributed by atoms with E-state index in [-0.39, 0.29) is 5.91 Å². The topological polar surface area (TPSA) is 86.6 Å². The molecule has 0 radical (unpaired) electrons. The van der Waals surface area contributed by atoms with Crippen LogP contribution < -0.4 is 4.90 Å². The first kappa shape index (κ1) is 19.8. The summed E-state index contributed by atoms with van der Waals surface area (Å²) < 4.78 is 0. The number of aliphatic carboxylic acids is 1. The molecule has 1 saturated heterocycles. The third-order valence-corrected chi connectivity index (χ3v) is 5.17. The van der Waals surface area contributed by atoms with E-state index in [0.29, 0.717) is 37.1 Å². The number of aromatic nitrogens is 2. The summed E-state index contributed by atoms with van der Waals surface area (Å²) in [6, 6.07) is 15.4. The van der Waals surface area contributed by atoms with Gasteiger partial charge in [-0.05, 0) is 18.2 Å². The van der Waals surface area contributed by atoms with E-state index in [4.69, 9.17) is 26.7 Å². The number of rotatable bonds is 4. The number of piperazine rings is 1. The molecule has 2 heterocycles. The summed E-state index contributed by atoms with van der Waals surface area (Å²) in [6.45, 7) is 2.04. The minimum Gasteiger partial charge on any atom is -0.478 e. The first-order valence-corrected chi connectivity index (χ1v) is 9.86. The third-order valence-electron chi connectivity index (χ3n) is 4.94. The van der Waals surface area contributed by atoms with Gasteiger partial charge in [-0.2, -0.15) is 0 Å². The van der Waals surface area contributed by atoms with Crippen LogP contribution in [-0.4, -0.2) is 58.0 Å². The number of hydrogen-bond donors (Lipinski definition) is 1. The maximum atomic E-state index is 12.1. The monoisotopic (exact) mass is 422 g/mol. The summed E-state index contributed by atoms with van der Waals surface area (Å²) in [5, 5.41) is 10.2. The van der Waals surface area contributed by atoms with E-state index in [0.717, 1.165) is 34.3 Å². The zero-order valence-corrected chi connectivity index (χ0v) is 16.8. The highest BCUT2D eigenvalue weighted by atomic mass is 35.5. The van der Waals surface area contributed by atoms with E-state index >= 15 is 0 Å². The van der Waals surface area contributed by atoms with Crippen LogP contribution in [0.5, 0.6) is 0 Å².